The lowest BCUT2D eigenvalue weighted by Gasteiger charge is -2.27. The largest absolute Gasteiger partial charge is 0.472 e. The van der Waals surface area contributed by atoms with Crippen LogP contribution in [0.5, 0.6) is 0 Å². The van der Waals surface area contributed by atoms with E-state index in [1.807, 2.05) is 19.9 Å². The Labute approximate surface area is 125 Å². The molecule has 118 valence electrons. The summed E-state index contributed by atoms with van der Waals surface area (Å²) in [5.74, 6) is -0.566. The van der Waals surface area contributed by atoms with Gasteiger partial charge in [-0.3, -0.25) is 0 Å². The summed E-state index contributed by atoms with van der Waals surface area (Å²) in [6.07, 6.45) is 5.58. The molecule has 1 aromatic rings. The fourth-order valence-corrected chi connectivity index (χ4v) is 2.93. The second kappa shape index (κ2) is 6.08. The van der Waals surface area contributed by atoms with Gasteiger partial charge in [0.1, 0.15) is 12.2 Å². The van der Waals surface area contributed by atoms with Gasteiger partial charge in [0.15, 0.2) is 12.1 Å². The van der Waals surface area contributed by atoms with E-state index in [0.717, 1.165) is 24.8 Å². The van der Waals surface area contributed by atoms with E-state index in [2.05, 4.69) is 6.92 Å². The molecule has 5 atom stereocenters. The first kappa shape index (κ1) is 15.0. The zero-order valence-electron chi connectivity index (χ0n) is 12.9. The predicted octanol–water partition coefficient (Wildman–Crippen LogP) is 3.23. The van der Waals surface area contributed by atoms with Crippen molar-refractivity contribution in [3.05, 3.63) is 24.2 Å². The molecule has 2 fully saturated rings. The molecule has 2 aliphatic rings. The number of hydrogen-bond donors (Lipinski definition) is 0. The van der Waals surface area contributed by atoms with Crippen molar-refractivity contribution in [1.82, 2.24) is 0 Å². The minimum absolute atomic E-state index is 0.0262. The van der Waals surface area contributed by atoms with E-state index in [1.165, 1.54) is 0 Å². The third-order valence-corrected chi connectivity index (χ3v) is 4.26. The van der Waals surface area contributed by atoms with Gasteiger partial charge < -0.3 is 23.4 Å². The van der Waals surface area contributed by atoms with Crippen molar-refractivity contribution < 1.29 is 23.4 Å². The Morgan fingerprint density at radius 2 is 2.14 bits per heavy atom. The molecule has 1 unspecified atom stereocenters. The maximum absolute atomic E-state index is 6.09. The number of fused-ring (bicyclic) bond motifs is 1. The van der Waals surface area contributed by atoms with Crippen molar-refractivity contribution in [3.63, 3.8) is 0 Å². The van der Waals surface area contributed by atoms with Gasteiger partial charge in [-0.15, -0.1) is 0 Å². The van der Waals surface area contributed by atoms with E-state index < -0.39 is 5.79 Å². The molecule has 3 rings (SSSR count). The molecule has 0 spiro atoms. The first-order valence-electron chi connectivity index (χ1n) is 7.79. The van der Waals surface area contributed by atoms with Crippen LogP contribution < -0.4 is 0 Å². The van der Waals surface area contributed by atoms with Crippen LogP contribution >= 0.6 is 0 Å². The highest BCUT2D eigenvalue weighted by atomic mass is 16.8. The van der Waals surface area contributed by atoms with Crippen LogP contribution in [0, 0.1) is 0 Å². The van der Waals surface area contributed by atoms with Gasteiger partial charge in [-0.2, -0.15) is 0 Å². The molecule has 5 nitrogen and oxygen atoms in total. The molecule has 0 N–H and O–H groups in total. The molecule has 0 saturated carbocycles. The Bertz CT molecular complexity index is 446. The maximum Gasteiger partial charge on any atom is 0.190 e. The van der Waals surface area contributed by atoms with Crippen molar-refractivity contribution in [3.8, 4) is 0 Å². The van der Waals surface area contributed by atoms with Crippen molar-refractivity contribution in [2.75, 3.05) is 0 Å². The van der Waals surface area contributed by atoms with Crippen molar-refractivity contribution in [1.29, 1.82) is 0 Å². The van der Waals surface area contributed by atoms with Crippen LogP contribution in [0.4, 0.5) is 0 Å². The molecule has 5 heteroatoms. The smallest absolute Gasteiger partial charge is 0.190 e. The third kappa shape index (κ3) is 3.01. The van der Waals surface area contributed by atoms with Gasteiger partial charge in [0.2, 0.25) is 0 Å². The van der Waals surface area contributed by atoms with Crippen LogP contribution in [-0.2, 0) is 25.6 Å². The summed E-state index contributed by atoms with van der Waals surface area (Å²) in [6, 6.07) is 1.91. The fraction of sp³-hybridized carbons (Fsp3) is 0.750. The van der Waals surface area contributed by atoms with Gasteiger partial charge in [-0.1, -0.05) is 20.3 Å². The molecular formula is C16H24O5. The number of ether oxygens (including phenoxy) is 4. The summed E-state index contributed by atoms with van der Waals surface area (Å²) in [7, 11) is 0. The SMILES string of the molecule is CCC[C@H]1O[C@@H]2OC(C)(CC)O[C@@H]2[C@H]1OCc1ccoc1. The van der Waals surface area contributed by atoms with Crippen LogP contribution in [0.1, 0.15) is 45.6 Å². The maximum atomic E-state index is 6.09. The second-order valence-electron chi connectivity index (χ2n) is 5.93. The molecule has 0 aromatic carbocycles. The quantitative estimate of drug-likeness (QED) is 0.806. The number of rotatable bonds is 6. The van der Waals surface area contributed by atoms with E-state index in [4.69, 9.17) is 23.4 Å². The molecule has 0 radical (unpaired) electrons. The van der Waals surface area contributed by atoms with Gasteiger partial charge in [-0.05, 0) is 25.8 Å². The fourth-order valence-electron chi connectivity index (χ4n) is 2.93. The van der Waals surface area contributed by atoms with Crippen LogP contribution in [0.25, 0.3) is 0 Å². The van der Waals surface area contributed by atoms with Crippen molar-refractivity contribution in [2.24, 2.45) is 0 Å². The van der Waals surface area contributed by atoms with Gasteiger partial charge in [-0.25, -0.2) is 0 Å². The zero-order valence-corrected chi connectivity index (χ0v) is 12.9. The second-order valence-corrected chi connectivity index (χ2v) is 5.93. The molecule has 0 bridgehead atoms. The highest BCUT2D eigenvalue weighted by molar-refractivity contribution is 5.04. The first-order valence-corrected chi connectivity index (χ1v) is 7.79. The average molecular weight is 296 g/mol. The molecular weight excluding hydrogens is 272 g/mol. The van der Waals surface area contributed by atoms with Crippen molar-refractivity contribution in [2.45, 2.75) is 77.0 Å². The Hall–Kier alpha value is -0.880. The molecule has 0 aliphatic carbocycles. The predicted molar refractivity (Wildman–Crippen MR) is 75.5 cm³/mol. The van der Waals surface area contributed by atoms with Gasteiger partial charge in [0.25, 0.3) is 0 Å². The number of hydrogen-bond acceptors (Lipinski definition) is 5. The van der Waals surface area contributed by atoms with Gasteiger partial charge in [0, 0.05) is 5.56 Å². The Kier molecular flexibility index (Phi) is 4.36. The van der Waals surface area contributed by atoms with Crippen LogP contribution in [-0.4, -0.2) is 30.4 Å². The van der Waals surface area contributed by atoms with E-state index in [1.54, 1.807) is 12.5 Å². The molecule has 1 aromatic heterocycles. The average Bonchev–Trinajstić information content (AvgIpc) is 3.14. The lowest BCUT2D eigenvalue weighted by molar-refractivity contribution is -0.229. The molecule has 2 saturated heterocycles. The van der Waals surface area contributed by atoms with Gasteiger partial charge in [0.05, 0.1) is 25.2 Å². The monoisotopic (exact) mass is 296 g/mol. The van der Waals surface area contributed by atoms with Crippen LogP contribution in [0.3, 0.4) is 0 Å². The molecule has 21 heavy (non-hydrogen) atoms. The Morgan fingerprint density at radius 3 is 2.81 bits per heavy atom. The minimum Gasteiger partial charge on any atom is -0.472 e. The Balaban J connectivity index is 1.67. The highest BCUT2D eigenvalue weighted by Gasteiger charge is 2.55. The lowest BCUT2D eigenvalue weighted by Crippen LogP contribution is -2.37. The highest BCUT2D eigenvalue weighted by Crippen LogP contribution is 2.41. The van der Waals surface area contributed by atoms with Gasteiger partial charge >= 0.3 is 0 Å². The normalized spacial score (nSPS) is 38.8. The van der Waals surface area contributed by atoms with Crippen LogP contribution in [0.2, 0.25) is 0 Å². The molecule has 2 aliphatic heterocycles. The number of furan rings is 1. The molecule has 0 amide bonds. The Morgan fingerprint density at radius 1 is 1.29 bits per heavy atom. The lowest BCUT2D eigenvalue weighted by atomic mass is 10.1. The molecule has 3 heterocycles. The van der Waals surface area contributed by atoms with Crippen LogP contribution in [0.15, 0.2) is 23.0 Å². The summed E-state index contributed by atoms with van der Waals surface area (Å²) in [5.41, 5.74) is 1.02. The van der Waals surface area contributed by atoms with E-state index in [0.29, 0.717) is 6.61 Å². The summed E-state index contributed by atoms with van der Waals surface area (Å²) in [6.45, 7) is 6.64. The van der Waals surface area contributed by atoms with E-state index >= 15 is 0 Å². The summed E-state index contributed by atoms with van der Waals surface area (Å²) in [4.78, 5) is 0. The summed E-state index contributed by atoms with van der Waals surface area (Å²) in [5, 5.41) is 0. The minimum atomic E-state index is -0.566. The third-order valence-electron chi connectivity index (χ3n) is 4.26. The first-order chi connectivity index (χ1) is 10.1. The van der Waals surface area contributed by atoms with E-state index in [-0.39, 0.29) is 24.6 Å². The topological polar surface area (TPSA) is 50.1 Å². The summed E-state index contributed by atoms with van der Waals surface area (Å²) < 4.78 is 29.2. The van der Waals surface area contributed by atoms with Crippen molar-refractivity contribution >= 4 is 0 Å². The van der Waals surface area contributed by atoms with E-state index in [9.17, 15) is 0 Å². The standard InChI is InChI=1S/C16H24O5/c1-4-6-12-13(18-10-11-7-8-17-9-11)14-15(19-12)21-16(3,5-2)20-14/h7-9,12-15H,4-6,10H2,1-3H3/t12-,13+,14-,15-,16?/m1/s1. The zero-order chi connectivity index (χ0) is 14.9. The summed E-state index contributed by atoms with van der Waals surface area (Å²) >= 11 is 0.